The van der Waals surface area contributed by atoms with E-state index >= 15 is 0 Å². The Kier molecular flexibility index (Phi) is 3.56. The van der Waals surface area contributed by atoms with Crippen LogP contribution >= 0.6 is 11.3 Å². The summed E-state index contributed by atoms with van der Waals surface area (Å²) in [5.74, 6) is -1.07. The van der Waals surface area contributed by atoms with Crippen LogP contribution in [0.15, 0.2) is 35.3 Å². The van der Waals surface area contributed by atoms with Crippen molar-refractivity contribution in [2.45, 2.75) is 6.92 Å². The number of thiazole rings is 1. The molecule has 0 atom stereocenters. The van der Waals surface area contributed by atoms with Gasteiger partial charge in [-0.1, -0.05) is 17.4 Å². The zero-order valence-electron chi connectivity index (χ0n) is 11.6. The first-order chi connectivity index (χ1) is 10.5. The molecule has 0 aliphatic rings. The average Bonchev–Trinajstić information content (AvgIpc) is 2.90. The molecule has 0 fully saturated rings. The molecule has 0 bridgehead atoms. The maximum atomic E-state index is 12.0. The van der Waals surface area contributed by atoms with Gasteiger partial charge in [-0.15, -0.1) is 0 Å². The molecule has 3 heterocycles. The Labute approximate surface area is 129 Å². The van der Waals surface area contributed by atoms with E-state index in [9.17, 15) is 9.59 Å². The predicted octanol–water partition coefficient (Wildman–Crippen LogP) is 2.33. The molecule has 22 heavy (non-hydrogen) atoms. The van der Waals surface area contributed by atoms with Gasteiger partial charge in [0.25, 0.3) is 5.56 Å². The second kappa shape index (κ2) is 5.53. The molecule has 3 rings (SSSR count). The second-order valence-corrected chi connectivity index (χ2v) is 5.62. The van der Waals surface area contributed by atoms with Gasteiger partial charge < -0.3 is 5.11 Å². The number of rotatable bonds is 3. The Morgan fingerprint density at radius 1 is 1.27 bits per heavy atom. The number of carboxylic acids is 1. The Balaban J connectivity index is 2.01. The van der Waals surface area contributed by atoms with Gasteiger partial charge in [0.1, 0.15) is 4.88 Å². The Hall–Kier alpha value is -2.80. The highest BCUT2D eigenvalue weighted by Gasteiger charge is 2.11. The van der Waals surface area contributed by atoms with Crippen molar-refractivity contribution < 1.29 is 9.90 Å². The van der Waals surface area contributed by atoms with E-state index < -0.39 is 5.97 Å². The van der Waals surface area contributed by atoms with Crippen LogP contribution in [0.3, 0.4) is 0 Å². The molecule has 0 aliphatic carbocycles. The fourth-order valence-electron chi connectivity index (χ4n) is 1.93. The van der Waals surface area contributed by atoms with Gasteiger partial charge in [-0.2, -0.15) is 0 Å². The third kappa shape index (κ3) is 2.79. The number of aromatic carboxylic acids is 1. The standard InChI is InChI=1S/C15H11N3O3S/c1-9-3-2-4-10(16-9)5-6-11-7-13(19)18-8-12(14(20)21)22-15(18)17-11/h2-8H,1H3,(H,20,21)/b6-5+. The minimum atomic E-state index is -1.07. The van der Waals surface area contributed by atoms with Gasteiger partial charge in [0.2, 0.25) is 0 Å². The van der Waals surface area contributed by atoms with E-state index in [1.807, 2.05) is 25.1 Å². The summed E-state index contributed by atoms with van der Waals surface area (Å²) in [4.78, 5) is 32.0. The van der Waals surface area contributed by atoms with E-state index in [1.165, 1.54) is 16.7 Å². The maximum Gasteiger partial charge on any atom is 0.347 e. The van der Waals surface area contributed by atoms with Crippen LogP contribution in [0.4, 0.5) is 0 Å². The van der Waals surface area contributed by atoms with Gasteiger partial charge in [-0.25, -0.2) is 9.78 Å². The molecule has 0 unspecified atom stereocenters. The van der Waals surface area contributed by atoms with Gasteiger partial charge in [0.05, 0.1) is 11.4 Å². The van der Waals surface area contributed by atoms with E-state index in [0.717, 1.165) is 22.7 Å². The van der Waals surface area contributed by atoms with Crippen molar-refractivity contribution in [2.24, 2.45) is 0 Å². The summed E-state index contributed by atoms with van der Waals surface area (Å²) in [5.41, 5.74) is 1.81. The van der Waals surface area contributed by atoms with Crippen LogP contribution in [0.1, 0.15) is 26.8 Å². The summed E-state index contributed by atoms with van der Waals surface area (Å²) >= 11 is 0.961. The SMILES string of the molecule is Cc1cccc(/C=C/c2cc(=O)n3cc(C(=O)O)sc3n2)n1. The molecule has 7 heteroatoms. The van der Waals surface area contributed by atoms with Crippen LogP contribution in [-0.2, 0) is 0 Å². The molecule has 0 amide bonds. The number of carbonyl (C=O) groups is 1. The summed E-state index contributed by atoms with van der Waals surface area (Å²) in [7, 11) is 0. The number of carboxylic acid groups (broad SMARTS) is 1. The van der Waals surface area contributed by atoms with Crippen molar-refractivity contribution in [3.05, 3.63) is 62.8 Å². The zero-order chi connectivity index (χ0) is 15.7. The van der Waals surface area contributed by atoms with E-state index in [-0.39, 0.29) is 10.4 Å². The highest BCUT2D eigenvalue weighted by molar-refractivity contribution is 7.18. The number of pyridine rings is 1. The molecule has 0 saturated heterocycles. The molecule has 0 saturated carbocycles. The molecule has 1 N–H and O–H groups in total. The normalized spacial score (nSPS) is 11.3. The fraction of sp³-hybridized carbons (Fsp3) is 0.0667. The quantitative estimate of drug-likeness (QED) is 0.802. The van der Waals surface area contributed by atoms with Crippen molar-refractivity contribution in [1.29, 1.82) is 0 Å². The zero-order valence-corrected chi connectivity index (χ0v) is 12.4. The smallest absolute Gasteiger partial charge is 0.347 e. The molecule has 0 radical (unpaired) electrons. The first-order valence-electron chi connectivity index (χ1n) is 6.41. The van der Waals surface area contributed by atoms with Gasteiger partial charge in [-0.3, -0.25) is 14.2 Å². The van der Waals surface area contributed by atoms with Gasteiger partial charge >= 0.3 is 5.97 Å². The van der Waals surface area contributed by atoms with Crippen molar-refractivity contribution in [1.82, 2.24) is 14.4 Å². The van der Waals surface area contributed by atoms with Gasteiger partial charge in [0, 0.05) is 18.0 Å². The van der Waals surface area contributed by atoms with Crippen LogP contribution in [0.25, 0.3) is 17.1 Å². The first-order valence-corrected chi connectivity index (χ1v) is 7.23. The second-order valence-electron chi connectivity index (χ2n) is 4.61. The molecule has 0 aromatic carbocycles. The minimum absolute atomic E-state index is 0.0751. The molecule has 0 aliphatic heterocycles. The summed E-state index contributed by atoms with van der Waals surface area (Å²) in [6, 6.07) is 7.00. The Morgan fingerprint density at radius 2 is 2.05 bits per heavy atom. The molecular formula is C15H11N3O3S. The lowest BCUT2D eigenvalue weighted by Crippen LogP contribution is -2.11. The molecule has 6 nitrogen and oxygen atoms in total. The summed E-state index contributed by atoms with van der Waals surface area (Å²) in [6.45, 7) is 1.90. The van der Waals surface area contributed by atoms with E-state index in [2.05, 4.69) is 9.97 Å². The number of nitrogens with zero attached hydrogens (tertiary/aromatic N) is 3. The van der Waals surface area contributed by atoms with Crippen molar-refractivity contribution in [3.8, 4) is 0 Å². The molecule has 3 aromatic rings. The highest BCUT2D eigenvalue weighted by Crippen LogP contribution is 2.15. The number of aromatic nitrogens is 3. The number of hydrogen-bond donors (Lipinski definition) is 1. The monoisotopic (exact) mass is 313 g/mol. The predicted molar refractivity (Wildman–Crippen MR) is 84.2 cm³/mol. The third-order valence-electron chi connectivity index (χ3n) is 2.93. The number of fused-ring (bicyclic) bond motifs is 1. The van der Waals surface area contributed by atoms with Crippen LogP contribution in [0.5, 0.6) is 0 Å². The van der Waals surface area contributed by atoms with E-state index in [4.69, 9.17) is 5.11 Å². The molecule has 3 aromatic heterocycles. The Morgan fingerprint density at radius 3 is 2.77 bits per heavy atom. The third-order valence-corrected chi connectivity index (χ3v) is 3.90. The highest BCUT2D eigenvalue weighted by atomic mass is 32.1. The largest absolute Gasteiger partial charge is 0.477 e. The summed E-state index contributed by atoms with van der Waals surface area (Å²) in [6.07, 6.45) is 4.73. The minimum Gasteiger partial charge on any atom is -0.477 e. The van der Waals surface area contributed by atoms with E-state index in [0.29, 0.717) is 10.7 Å². The topological polar surface area (TPSA) is 84.6 Å². The van der Waals surface area contributed by atoms with Crippen molar-refractivity contribution >= 4 is 34.4 Å². The number of aryl methyl sites for hydroxylation is 1. The molecule has 0 spiro atoms. The Bertz CT molecular complexity index is 956. The van der Waals surface area contributed by atoms with Gasteiger partial charge in [-0.05, 0) is 31.2 Å². The average molecular weight is 313 g/mol. The summed E-state index contributed by atoms with van der Waals surface area (Å²) < 4.78 is 1.23. The van der Waals surface area contributed by atoms with E-state index in [1.54, 1.807) is 12.2 Å². The lowest BCUT2D eigenvalue weighted by molar-refractivity contribution is 0.0702. The van der Waals surface area contributed by atoms with Crippen LogP contribution < -0.4 is 5.56 Å². The van der Waals surface area contributed by atoms with Gasteiger partial charge in [0.15, 0.2) is 4.96 Å². The summed E-state index contributed by atoms with van der Waals surface area (Å²) in [5, 5.41) is 8.97. The first kappa shape index (κ1) is 14.2. The van der Waals surface area contributed by atoms with Crippen molar-refractivity contribution in [3.63, 3.8) is 0 Å². The fourth-order valence-corrected chi connectivity index (χ4v) is 2.77. The van der Waals surface area contributed by atoms with Crippen molar-refractivity contribution in [2.75, 3.05) is 0 Å². The molecule has 110 valence electrons. The number of hydrogen-bond acceptors (Lipinski definition) is 5. The molecular weight excluding hydrogens is 302 g/mol. The van der Waals surface area contributed by atoms with Crippen LogP contribution in [0, 0.1) is 6.92 Å². The lowest BCUT2D eigenvalue weighted by Gasteiger charge is -1.96. The maximum absolute atomic E-state index is 12.0. The van der Waals surface area contributed by atoms with Crippen LogP contribution in [-0.4, -0.2) is 25.4 Å². The lowest BCUT2D eigenvalue weighted by atomic mass is 10.2. The van der Waals surface area contributed by atoms with Crippen LogP contribution in [0.2, 0.25) is 0 Å².